The third-order valence-corrected chi connectivity index (χ3v) is 4.23. The van der Waals surface area contributed by atoms with Gasteiger partial charge in [0.2, 0.25) is 0 Å². The second kappa shape index (κ2) is 8.56. The maximum Gasteiger partial charge on any atom is 0.260 e. The molecule has 0 bridgehead atoms. The third-order valence-electron chi connectivity index (χ3n) is 4.23. The summed E-state index contributed by atoms with van der Waals surface area (Å²) in [6.07, 6.45) is -0.554. The molecule has 0 heterocycles. The molecule has 2 aromatic carbocycles. The summed E-state index contributed by atoms with van der Waals surface area (Å²) in [5.41, 5.74) is 4.44. The first-order valence-corrected chi connectivity index (χ1v) is 8.59. The predicted octanol–water partition coefficient (Wildman–Crippen LogP) is 3.88. The lowest BCUT2D eigenvalue weighted by atomic mass is 10.1. The monoisotopic (exact) mass is 341 g/mol. The van der Waals surface area contributed by atoms with Crippen molar-refractivity contribution >= 4 is 5.91 Å². The van der Waals surface area contributed by atoms with Gasteiger partial charge >= 0.3 is 0 Å². The lowest BCUT2D eigenvalue weighted by Crippen LogP contribution is -2.38. The highest BCUT2D eigenvalue weighted by Gasteiger charge is 2.15. The predicted molar refractivity (Wildman–Crippen MR) is 100 cm³/mol. The van der Waals surface area contributed by atoms with Gasteiger partial charge in [-0.25, -0.2) is 0 Å². The van der Waals surface area contributed by atoms with Crippen LogP contribution in [0.5, 0.6) is 11.5 Å². The number of carbonyl (C=O) groups excluding carboxylic acids is 1. The Hall–Kier alpha value is -2.49. The van der Waals surface area contributed by atoms with Crippen LogP contribution in [0.25, 0.3) is 0 Å². The van der Waals surface area contributed by atoms with Crippen molar-refractivity contribution in [2.45, 2.75) is 40.7 Å². The van der Waals surface area contributed by atoms with Crippen molar-refractivity contribution in [1.29, 1.82) is 0 Å². The second-order valence-electron chi connectivity index (χ2n) is 6.37. The van der Waals surface area contributed by atoms with Gasteiger partial charge in [-0.2, -0.15) is 0 Å². The molecule has 134 valence electrons. The summed E-state index contributed by atoms with van der Waals surface area (Å²) < 4.78 is 11.5. The molecule has 0 unspecified atom stereocenters. The zero-order valence-electron chi connectivity index (χ0n) is 15.7. The van der Waals surface area contributed by atoms with Gasteiger partial charge < -0.3 is 14.8 Å². The summed E-state index contributed by atoms with van der Waals surface area (Å²) >= 11 is 0. The fraction of sp³-hybridized carbons (Fsp3) is 0.381. The molecule has 0 radical (unpaired) electrons. The van der Waals surface area contributed by atoms with E-state index in [4.69, 9.17) is 9.47 Å². The van der Waals surface area contributed by atoms with E-state index in [-0.39, 0.29) is 5.91 Å². The maximum absolute atomic E-state index is 12.2. The number of hydrogen-bond donors (Lipinski definition) is 1. The molecule has 0 saturated heterocycles. The Balaban J connectivity index is 1.79. The molecular formula is C21H27NO3. The van der Waals surface area contributed by atoms with Crippen molar-refractivity contribution in [3.8, 4) is 11.5 Å². The van der Waals surface area contributed by atoms with Crippen LogP contribution >= 0.6 is 0 Å². The summed E-state index contributed by atoms with van der Waals surface area (Å²) in [6, 6.07) is 11.9. The van der Waals surface area contributed by atoms with Gasteiger partial charge in [0, 0.05) is 0 Å². The van der Waals surface area contributed by atoms with Gasteiger partial charge in [-0.05, 0) is 69.0 Å². The molecule has 1 atom stereocenters. The summed E-state index contributed by atoms with van der Waals surface area (Å²) in [6.45, 7) is 10.7. The van der Waals surface area contributed by atoms with E-state index < -0.39 is 6.10 Å². The Labute approximate surface area is 150 Å². The zero-order chi connectivity index (χ0) is 18.4. The van der Waals surface area contributed by atoms with Gasteiger partial charge in [0.25, 0.3) is 5.91 Å². The lowest BCUT2D eigenvalue weighted by molar-refractivity contribution is -0.127. The maximum atomic E-state index is 12.2. The molecule has 1 amide bonds. The second-order valence-corrected chi connectivity index (χ2v) is 6.37. The van der Waals surface area contributed by atoms with Crippen LogP contribution in [0.2, 0.25) is 0 Å². The summed E-state index contributed by atoms with van der Waals surface area (Å²) in [7, 11) is 0. The SMILES string of the molecule is Cc1ccc(C)c(O[C@H](C)C(=O)NCCOc2cccc(C)c2C)c1. The molecule has 1 N–H and O–H groups in total. The number of rotatable bonds is 7. The molecule has 2 rings (SSSR count). The molecule has 4 nitrogen and oxygen atoms in total. The van der Waals surface area contributed by atoms with E-state index >= 15 is 0 Å². The summed E-state index contributed by atoms with van der Waals surface area (Å²) in [5, 5.41) is 2.85. The Bertz CT molecular complexity index is 740. The van der Waals surface area contributed by atoms with Crippen molar-refractivity contribution in [1.82, 2.24) is 5.32 Å². The number of aryl methyl sites for hydroxylation is 3. The van der Waals surface area contributed by atoms with Gasteiger partial charge in [0.1, 0.15) is 18.1 Å². The first-order chi connectivity index (χ1) is 11.9. The van der Waals surface area contributed by atoms with Crippen molar-refractivity contribution < 1.29 is 14.3 Å². The molecule has 0 fully saturated rings. The summed E-state index contributed by atoms with van der Waals surface area (Å²) in [5.74, 6) is 1.45. The average Bonchev–Trinajstić information content (AvgIpc) is 2.58. The van der Waals surface area contributed by atoms with E-state index in [9.17, 15) is 4.79 Å². The van der Waals surface area contributed by atoms with Gasteiger partial charge in [-0.3, -0.25) is 4.79 Å². The van der Waals surface area contributed by atoms with Crippen molar-refractivity contribution in [3.63, 3.8) is 0 Å². The van der Waals surface area contributed by atoms with E-state index in [1.54, 1.807) is 6.92 Å². The van der Waals surface area contributed by atoms with E-state index in [1.807, 2.05) is 51.1 Å². The van der Waals surface area contributed by atoms with Crippen LogP contribution in [0.15, 0.2) is 36.4 Å². The summed E-state index contributed by atoms with van der Waals surface area (Å²) in [4.78, 5) is 12.2. The highest BCUT2D eigenvalue weighted by molar-refractivity contribution is 5.80. The number of ether oxygens (including phenoxy) is 2. The topological polar surface area (TPSA) is 47.6 Å². The molecule has 0 aliphatic carbocycles. The number of benzene rings is 2. The number of carbonyl (C=O) groups is 1. The standard InChI is InChI=1S/C21H27NO3/c1-14-9-10-16(3)20(13-14)25-18(5)21(23)22-11-12-24-19-8-6-7-15(2)17(19)4/h6-10,13,18H,11-12H2,1-5H3,(H,22,23)/t18-/m1/s1. The minimum atomic E-state index is -0.554. The molecule has 0 saturated carbocycles. The molecule has 25 heavy (non-hydrogen) atoms. The first kappa shape index (κ1) is 18.8. The Morgan fingerprint density at radius 3 is 2.56 bits per heavy atom. The Morgan fingerprint density at radius 1 is 1.04 bits per heavy atom. The van der Waals surface area contributed by atoms with Gasteiger partial charge in [-0.1, -0.05) is 24.3 Å². The Morgan fingerprint density at radius 2 is 1.80 bits per heavy atom. The van der Waals surface area contributed by atoms with Gasteiger partial charge in [0.05, 0.1) is 6.54 Å². The van der Waals surface area contributed by atoms with E-state index in [0.29, 0.717) is 13.2 Å². The van der Waals surface area contributed by atoms with Gasteiger partial charge in [0.15, 0.2) is 6.10 Å². The Kier molecular flexibility index (Phi) is 6.45. The largest absolute Gasteiger partial charge is 0.491 e. The third kappa shape index (κ3) is 5.24. The van der Waals surface area contributed by atoms with Crippen molar-refractivity contribution in [2.75, 3.05) is 13.2 Å². The number of hydrogen-bond acceptors (Lipinski definition) is 3. The zero-order valence-corrected chi connectivity index (χ0v) is 15.7. The minimum absolute atomic E-state index is 0.148. The number of amides is 1. The van der Waals surface area contributed by atoms with E-state index in [0.717, 1.165) is 28.2 Å². The minimum Gasteiger partial charge on any atom is -0.491 e. The van der Waals surface area contributed by atoms with Gasteiger partial charge in [-0.15, -0.1) is 0 Å². The fourth-order valence-electron chi connectivity index (χ4n) is 2.44. The van der Waals surface area contributed by atoms with Crippen LogP contribution < -0.4 is 14.8 Å². The van der Waals surface area contributed by atoms with Crippen LogP contribution in [-0.2, 0) is 4.79 Å². The molecule has 0 aliphatic rings. The molecule has 0 aromatic heterocycles. The molecule has 0 aliphatic heterocycles. The van der Waals surface area contributed by atoms with Crippen LogP contribution in [0.1, 0.15) is 29.2 Å². The lowest BCUT2D eigenvalue weighted by Gasteiger charge is -2.17. The molecule has 4 heteroatoms. The van der Waals surface area contributed by atoms with Crippen LogP contribution in [0.4, 0.5) is 0 Å². The normalized spacial score (nSPS) is 11.7. The smallest absolute Gasteiger partial charge is 0.260 e. The highest BCUT2D eigenvalue weighted by Crippen LogP contribution is 2.21. The quantitative estimate of drug-likeness (QED) is 0.778. The van der Waals surface area contributed by atoms with E-state index in [1.165, 1.54) is 5.56 Å². The molecule has 0 spiro atoms. The molecule has 2 aromatic rings. The van der Waals surface area contributed by atoms with Crippen molar-refractivity contribution in [3.05, 3.63) is 58.7 Å². The fourth-order valence-corrected chi connectivity index (χ4v) is 2.44. The first-order valence-electron chi connectivity index (χ1n) is 8.59. The average molecular weight is 341 g/mol. The van der Waals surface area contributed by atoms with Crippen LogP contribution in [-0.4, -0.2) is 25.2 Å². The van der Waals surface area contributed by atoms with Crippen LogP contribution in [0.3, 0.4) is 0 Å². The van der Waals surface area contributed by atoms with E-state index in [2.05, 4.69) is 18.3 Å². The highest BCUT2D eigenvalue weighted by atomic mass is 16.5. The van der Waals surface area contributed by atoms with Crippen molar-refractivity contribution in [2.24, 2.45) is 0 Å². The number of nitrogens with one attached hydrogen (secondary N) is 1. The van der Waals surface area contributed by atoms with Crippen LogP contribution in [0, 0.1) is 27.7 Å². The molecular weight excluding hydrogens is 314 g/mol.